The Morgan fingerprint density at radius 3 is 2.63 bits per heavy atom. The second-order valence-corrected chi connectivity index (χ2v) is 5.37. The van der Waals surface area contributed by atoms with Gasteiger partial charge >= 0.3 is 0 Å². The quantitative estimate of drug-likeness (QED) is 0.832. The molecule has 0 fully saturated rings. The van der Waals surface area contributed by atoms with Crippen molar-refractivity contribution in [1.82, 2.24) is 19.3 Å². The van der Waals surface area contributed by atoms with Crippen LogP contribution in [0, 0.1) is 0 Å². The van der Waals surface area contributed by atoms with E-state index in [1.54, 1.807) is 25.6 Å². The van der Waals surface area contributed by atoms with Gasteiger partial charge in [-0.15, -0.1) is 0 Å². The van der Waals surface area contributed by atoms with Gasteiger partial charge in [0.1, 0.15) is 11.4 Å². The van der Waals surface area contributed by atoms with E-state index in [0.29, 0.717) is 12.4 Å². The van der Waals surface area contributed by atoms with Crippen molar-refractivity contribution in [3.8, 4) is 0 Å². The smallest absolute Gasteiger partial charge is 0.205 e. The number of hydrogen-bond donors (Lipinski definition) is 0. The van der Waals surface area contributed by atoms with Crippen molar-refractivity contribution in [1.29, 1.82) is 0 Å². The Bertz CT molecular complexity index is 528. The lowest BCUT2D eigenvalue weighted by Crippen LogP contribution is -2.22. The van der Waals surface area contributed by atoms with Crippen LogP contribution in [-0.4, -0.2) is 33.5 Å². The van der Waals surface area contributed by atoms with Crippen molar-refractivity contribution in [3.05, 3.63) is 30.1 Å². The van der Waals surface area contributed by atoms with Gasteiger partial charge in [-0.2, -0.15) is 4.37 Å². The highest BCUT2D eigenvalue weighted by atomic mass is 32.1. The summed E-state index contributed by atoms with van der Waals surface area (Å²) in [7, 11) is 3.60. The van der Waals surface area contributed by atoms with E-state index in [-0.39, 0.29) is 0 Å². The van der Waals surface area contributed by atoms with Crippen molar-refractivity contribution in [2.24, 2.45) is 0 Å². The number of aromatic nitrogens is 4. The summed E-state index contributed by atoms with van der Waals surface area (Å²) in [5.41, 5.74) is -0.473. The lowest BCUT2D eigenvalue weighted by Gasteiger charge is -2.18. The van der Waals surface area contributed by atoms with Crippen LogP contribution in [-0.2, 0) is 16.9 Å². The van der Waals surface area contributed by atoms with E-state index in [2.05, 4.69) is 19.3 Å². The summed E-state index contributed by atoms with van der Waals surface area (Å²) in [6, 6.07) is 1.80. The van der Waals surface area contributed by atoms with Crippen molar-refractivity contribution < 1.29 is 4.74 Å². The van der Waals surface area contributed by atoms with Gasteiger partial charge < -0.3 is 9.64 Å². The van der Waals surface area contributed by atoms with E-state index in [0.717, 1.165) is 11.0 Å². The summed E-state index contributed by atoms with van der Waals surface area (Å²) < 4.78 is 9.72. The summed E-state index contributed by atoms with van der Waals surface area (Å²) in [5.74, 6) is 1.45. The molecule has 0 saturated carbocycles. The van der Waals surface area contributed by atoms with Crippen LogP contribution in [0.5, 0.6) is 0 Å². The maximum Gasteiger partial charge on any atom is 0.205 e. The first-order valence-corrected chi connectivity index (χ1v) is 6.66. The van der Waals surface area contributed by atoms with E-state index in [1.165, 1.54) is 11.5 Å². The molecule has 0 aliphatic heterocycles. The molecule has 7 heteroatoms. The summed E-state index contributed by atoms with van der Waals surface area (Å²) in [6.45, 7) is 4.49. The van der Waals surface area contributed by atoms with Crippen LogP contribution in [0.4, 0.5) is 5.13 Å². The highest BCUT2D eigenvalue weighted by molar-refractivity contribution is 7.09. The van der Waals surface area contributed by atoms with Crippen LogP contribution < -0.4 is 4.90 Å². The van der Waals surface area contributed by atoms with Gasteiger partial charge in [0.25, 0.3) is 0 Å². The molecule has 0 aromatic carbocycles. The van der Waals surface area contributed by atoms with Crippen LogP contribution in [0.1, 0.15) is 25.5 Å². The molecule has 102 valence electrons. The second-order valence-electron chi connectivity index (χ2n) is 4.64. The third-order valence-corrected chi connectivity index (χ3v) is 3.62. The van der Waals surface area contributed by atoms with Crippen LogP contribution in [0.15, 0.2) is 18.5 Å². The van der Waals surface area contributed by atoms with Crippen molar-refractivity contribution in [2.45, 2.75) is 26.0 Å². The van der Waals surface area contributed by atoms with E-state index >= 15 is 0 Å². The molecular formula is C12H17N5OS. The van der Waals surface area contributed by atoms with Gasteiger partial charge in [-0.3, -0.25) is 0 Å². The molecule has 0 radical (unpaired) electrons. The van der Waals surface area contributed by atoms with Crippen molar-refractivity contribution in [3.63, 3.8) is 0 Å². The molecule has 0 aliphatic rings. The van der Waals surface area contributed by atoms with E-state index in [4.69, 9.17) is 4.74 Å². The van der Waals surface area contributed by atoms with Gasteiger partial charge in [-0.25, -0.2) is 15.0 Å². The largest absolute Gasteiger partial charge is 0.371 e. The van der Waals surface area contributed by atoms with Crippen molar-refractivity contribution >= 4 is 16.7 Å². The van der Waals surface area contributed by atoms with E-state index in [1.807, 2.05) is 25.8 Å². The van der Waals surface area contributed by atoms with Gasteiger partial charge in [0.05, 0.1) is 6.54 Å². The minimum Gasteiger partial charge on any atom is -0.371 e. The fourth-order valence-corrected chi connectivity index (χ4v) is 2.16. The number of rotatable bonds is 5. The normalized spacial score (nSPS) is 11.6. The Kier molecular flexibility index (Phi) is 4.06. The number of methoxy groups -OCH3 is 1. The topological polar surface area (TPSA) is 64.0 Å². The van der Waals surface area contributed by atoms with Crippen LogP contribution >= 0.6 is 11.5 Å². The average Bonchev–Trinajstić information content (AvgIpc) is 2.90. The van der Waals surface area contributed by atoms with E-state index in [9.17, 15) is 0 Å². The molecule has 2 rings (SSSR count). The predicted molar refractivity (Wildman–Crippen MR) is 74.1 cm³/mol. The maximum atomic E-state index is 5.37. The highest BCUT2D eigenvalue weighted by Gasteiger charge is 2.25. The molecule has 0 saturated heterocycles. The Morgan fingerprint density at radius 1 is 1.32 bits per heavy atom. The first-order chi connectivity index (χ1) is 9.03. The number of nitrogens with zero attached hydrogens (tertiary/aromatic N) is 5. The van der Waals surface area contributed by atoms with Gasteiger partial charge in [0, 0.05) is 38.1 Å². The van der Waals surface area contributed by atoms with Gasteiger partial charge in [-0.1, -0.05) is 0 Å². The van der Waals surface area contributed by atoms with Crippen LogP contribution in [0.25, 0.3) is 0 Å². The highest BCUT2D eigenvalue weighted by Crippen LogP contribution is 2.26. The predicted octanol–water partition coefficient (Wildman–Crippen LogP) is 1.85. The fraction of sp³-hybridized carbons (Fsp3) is 0.500. The van der Waals surface area contributed by atoms with Gasteiger partial charge in [0.15, 0.2) is 5.82 Å². The second kappa shape index (κ2) is 5.58. The SMILES string of the molecule is COC(C)(C)c1nsc(N(C)Cc2ncccn2)n1. The molecule has 0 N–H and O–H groups in total. The number of anilines is 1. The fourth-order valence-electron chi connectivity index (χ4n) is 1.40. The Hall–Kier alpha value is -1.60. The molecule has 0 atom stereocenters. The Labute approximate surface area is 116 Å². The zero-order valence-corrected chi connectivity index (χ0v) is 12.3. The Morgan fingerprint density at radius 2 is 2.00 bits per heavy atom. The first kappa shape index (κ1) is 13.8. The third kappa shape index (κ3) is 3.24. The molecule has 0 spiro atoms. The van der Waals surface area contributed by atoms with Crippen LogP contribution in [0.3, 0.4) is 0 Å². The zero-order chi connectivity index (χ0) is 13.9. The molecule has 19 heavy (non-hydrogen) atoms. The summed E-state index contributed by atoms with van der Waals surface area (Å²) in [6.07, 6.45) is 3.46. The standard InChI is InChI=1S/C12H17N5OS/c1-12(2,18-4)10-15-11(19-16-10)17(3)8-9-13-6-5-7-14-9/h5-7H,8H2,1-4H3. The van der Waals surface area contributed by atoms with Crippen LogP contribution in [0.2, 0.25) is 0 Å². The molecular weight excluding hydrogens is 262 g/mol. The lowest BCUT2D eigenvalue weighted by atomic mass is 10.1. The van der Waals surface area contributed by atoms with Gasteiger partial charge in [-0.05, 0) is 19.9 Å². The monoisotopic (exact) mass is 279 g/mol. The molecule has 0 unspecified atom stereocenters. The third-order valence-electron chi connectivity index (χ3n) is 2.79. The molecule has 2 aromatic rings. The molecule has 0 bridgehead atoms. The van der Waals surface area contributed by atoms with Gasteiger partial charge in [0.2, 0.25) is 5.13 Å². The lowest BCUT2D eigenvalue weighted by molar-refractivity contribution is 0.0125. The summed E-state index contributed by atoms with van der Waals surface area (Å²) in [4.78, 5) is 14.9. The molecule has 6 nitrogen and oxygen atoms in total. The van der Waals surface area contributed by atoms with Crippen molar-refractivity contribution in [2.75, 3.05) is 19.1 Å². The average molecular weight is 279 g/mol. The maximum absolute atomic E-state index is 5.37. The molecule has 0 aliphatic carbocycles. The first-order valence-electron chi connectivity index (χ1n) is 5.89. The molecule has 0 amide bonds. The summed E-state index contributed by atoms with van der Waals surface area (Å²) >= 11 is 1.35. The molecule has 2 heterocycles. The number of ether oxygens (including phenoxy) is 1. The number of hydrogen-bond acceptors (Lipinski definition) is 7. The molecule has 2 aromatic heterocycles. The zero-order valence-electron chi connectivity index (χ0n) is 11.5. The minimum absolute atomic E-state index is 0.473. The summed E-state index contributed by atoms with van der Waals surface area (Å²) in [5, 5.41) is 0.826. The van der Waals surface area contributed by atoms with E-state index < -0.39 is 5.60 Å². The minimum atomic E-state index is -0.473. The Balaban J connectivity index is 2.10.